The van der Waals surface area contributed by atoms with Crippen LogP contribution in [0.2, 0.25) is 0 Å². The van der Waals surface area contributed by atoms with Crippen LogP contribution in [0.3, 0.4) is 0 Å². The average Bonchev–Trinajstić information content (AvgIpc) is 3.52. The van der Waals surface area contributed by atoms with Gasteiger partial charge in [0.1, 0.15) is 0 Å². The normalized spacial score (nSPS) is 15.5. The van der Waals surface area contributed by atoms with Crippen LogP contribution in [0.1, 0.15) is 49.0 Å². The first-order chi connectivity index (χ1) is 16.7. The third-order valence-electron chi connectivity index (χ3n) is 7.24. The molecule has 0 saturated carbocycles. The fraction of sp³-hybridized carbons (Fsp3) is 0.121. The van der Waals surface area contributed by atoms with Crippen molar-refractivity contribution in [3.05, 3.63) is 148 Å². The molecule has 4 aromatic rings. The second-order valence-electron chi connectivity index (χ2n) is 9.25. The molecule has 0 radical (unpaired) electrons. The Morgan fingerprint density at radius 1 is 0.765 bits per heavy atom. The Morgan fingerprint density at radius 3 is 2.06 bits per heavy atom. The first kappa shape index (κ1) is 21.6. The van der Waals surface area contributed by atoms with E-state index in [4.69, 9.17) is 0 Å². The van der Waals surface area contributed by atoms with Crippen LogP contribution in [0.4, 0.5) is 0 Å². The van der Waals surface area contributed by atoms with Crippen molar-refractivity contribution in [3.63, 3.8) is 0 Å². The molecule has 0 N–H and O–H groups in total. The molecular weight excluding hydrogens is 488 g/mol. The van der Waals surface area contributed by atoms with E-state index in [0.29, 0.717) is 3.63 Å². The quantitative estimate of drug-likeness (QED) is 0.258. The van der Waals surface area contributed by atoms with E-state index in [2.05, 4.69) is 123 Å². The van der Waals surface area contributed by atoms with Gasteiger partial charge >= 0.3 is 215 Å². The zero-order valence-corrected chi connectivity index (χ0v) is 22.1. The minimum atomic E-state index is -1.10. The van der Waals surface area contributed by atoms with E-state index in [1.165, 1.54) is 50.1 Å². The van der Waals surface area contributed by atoms with Crippen LogP contribution in [-0.2, 0) is 22.8 Å². The van der Waals surface area contributed by atoms with E-state index in [-0.39, 0.29) is 0 Å². The van der Waals surface area contributed by atoms with Crippen molar-refractivity contribution in [3.8, 4) is 11.1 Å². The van der Waals surface area contributed by atoms with Crippen LogP contribution in [0.5, 0.6) is 0 Å². The molecule has 0 aliphatic heterocycles. The van der Waals surface area contributed by atoms with Gasteiger partial charge in [-0.3, -0.25) is 0 Å². The summed E-state index contributed by atoms with van der Waals surface area (Å²) in [7, 11) is 0. The molecule has 4 aromatic carbocycles. The summed E-state index contributed by atoms with van der Waals surface area (Å²) in [6, 6.07) is 33.8. The molecule has 0 bridgehead atoms. The molecule has 0 aromatic heterocycles. The van der Waals surface area contributed by atoms with Crippen LogP contribution in [0, 0.1) is 13.8 Å². The SMILES string of the molecule is Cc1cc2c(c(C3=CC=CC3)c1C)[CH]([Zr]=[C](c1ccccc1)c1ccccc1)c1ccccc1-2. The molecule has 0 heterocycles. The van der Waals surface area contributed by atoms with Gasteiger partial charge in [-0.1, -0.05) is 0 Å². The Labute approximate surface area is 213 Å². The van der Waals surface area contributed by atoms with Gasteiger partial charge in [-0.25, -0.2) is 0 Å². The Morgan fingerprint density at radius 2 is 1.41 bits per heavy atom. The molecule has 6 rings (SSSR count). The number of hydrogen-bond acceptors (Lipinski definition) is 0. The van der Waals surface area contributed by atoms with Gasteiger partial charge in [0, 0.05) is 0 Å². The number of hydrogen-bond donors (Lipinski definition) is 0. The van der Waals surface area contributed by atoms with Crippen molar-refractivity contribution in [1.82, 2.24) is 0 Å². The van der Waals surface area contributed by atoms with Crippen LogP contribution in [0.25, 0.3) is 16.7 Å². The summed E-state index contributed by atoms with van der Waals surface area (Å²) in [5.41, 5.74) is 14.7. The predicted molar refractivity (Wildman–Crippen MR) is 141 cm³/mol. The average molecular weight is 515 g/mol. The molecule has 163 valence electrons. The van der Waals surface area contributed by atoms with Gasteiger partial charge in [-0.05, 0) is 0 Å². The first-order valence-corrected chi connectivity index (χ1v) is 14.7. The molecule has 0 amide bonds. The maximum atomic E-state index is 2.46. The van der Waals surface area contributed by atoms with Gasteiger partial charge in [0.05, 0.1) is 0 Å². The number of aryl methyl sites for hydroxylation is 1. The number of fused-ring (bicyclic) bond motifs is 3. The molecule has 1 unspecified atom stereocenters. The molecule has 1 heteroatoms. The van der Waals surface area contributed by atoms with E-state index in [0.717, 1.165) is 6.42 Å². The van der Waals surface area contributed by atoms with Crippen LogP contribution in [0.15, 0.2) is 109 Å². The summed E-state index contributed by atoms with van der Waals surface area (Å²) in [4.78, 5) is 0. The minimum absolute atomic E-state index is 0.501. The summed E-state index contributed by atoms with van der Waals surface area (Å²) in [5.74, 6) is 0. The van der Waals surface area contributed by atoms with Crippen LogP contribution in [-0.4, -0.2) is 3.21 Å². The van der Waals surface area contributed by atoms with Gasteiger partial charge in [-0.2, -0.15) is 0 Å². The van der Waals surface area contributed by atoms with Gasteiger partial charge in [0.25, 0.3) is 0 Å². The Hall–Kier alpha value is -2.89. The summed E-state index contributed by atoms with van der Waals surface area (Å²) in [6.07, 6.45) is 7.91. The van der Waals surface area contributed by atoms with Gasteiger partial charge in [-0.15, -0.1) is 0 Å². The molecule has 0 spiro atoms. The Kier molecular flexibility index (Phi) is 5.76. The van der Waals surface area contributed by atoms with Crippen molar-refractivity contribution in [1.29, 1.82) is 0 Å². The standard InChI is InChI=1S/C20H17.C13H10.Zr/c1-13-11-18-17-10-6-5-9-16(17)12-19(18)20(14(13)2)15-7-3-4-8-15;1-3-7-12(8-4-1)11-13-9-5-2-6-10-13;/h3-7,9-12H,8H2,1-2H3;1-10H;. The van der Waals surface area contributed by atoms with Crippen molar-refractivity contribution in [2.24, 2.45) is 0 Å². The topological polar surface area (TPSA) is 0 Å². The van der Waals surface area contributed by atoms with Crippen LogP contribution >= 0.6 is 0 Å². The Bertz CT molecular complexity index is 1430. The van der Waals surface area contributed by atoms with E-state index in [9.17, 15) is 0 Å². The van der Waals surface area contributed by atoms with Gasteiger partial charge < -0.3 is 0 Å². The van der Waals surface area contributed by atoms with Gasteiger partial charge in [0.2, 0.25) is 0 Å². The molecule has 0 nitrogen and oxygen atoms in total. The molecular formula is C33H27Zr. The zero-order chi connectivity index (χ0) is 23.1. The summed E-state index contributed by atoms with van der Waals surface area (Å²) in [6.45, 7) is 4.61. The third kappa shape index (κ3) is 3.68. The zero-order valence-electron chi connectivity index (χ0n) is 19.7. The van der Waals surface area contributed by atoms with Crippen molar-refractivity contribution < 1.29 is 22.8 Å². The second kappa shape index (κ2) is 9.05. The fourth-order valence-electron chi connectivity index (χ4n) is 5.49. The van der Waals surface area contributed by atoms with E-state index in [1.807, 2.05) is 0 Å². The van der Waals surface area contributed by atoms with E-state index < -0.39 is 22.8 Å². The van der Waals surface area contributed by atoms with Gasteiger partial charge in [0.15, 0.2) is 0 Å². The second-order valence-corrected chi connectivity index (χ2v) is 12.6. The van der Waals surface area contributed by atoms with E-state index >= 15 is 0 Å². The molecule has 2 aliphatic carbocycles. The first-order valence-electron chi connectivity index (χ1n) is 12.1. The monoisotopic (exact) mass is 513 g/mol. The van der Waals surface area contributed by atoms with Crippen molar-refractivity contribution >= 4 is 8.78 Å². The van der Waals surface area contributed by atoms with Crippen LogP contribution < -0.4 is 0 Å². The molecule has 0 fully saturated rings. The summed E-state index contributed by atoms with van der Waals surface area (Å²) < 4.78 is 2.08. The van der Waals surface area contributed by atoms with Crippen molar-refractivity contribution in [2.75, 3.05) is 0 Å². The summed E-state index contributed by atoms with van der Waals surface area (Å²) in [5, 5.41) is 0. The molecule has 1 atom stereocenters. The number of allylic oxidation sites excluding steroid dienone is 4. The van der Waals surface area contributed by atoms with Crippen molar-refractivity contribution in [2.45, 2.75) is 23.9 Å². The summed E-state index contributed by atoms with van der Waals surface area (Å²) >= 11 is -1.10. The molecule has 2 aliphatic rings. The molecule has 0 saturated heterocycles. The van der Waals surface area contributed by atoms with E-state index in [1.54, 1.807) is 8.77 Å². The molecule has 34 heavy (non-hydrogen) atoms. The third-order valence-corrected chi connectivity index (χ3v) is 11.6. The Balaban J connectivity index is 1.65. The maximum absolute atomic E-state index is 2.46. The number of benzene rings is 4. The number of rotatable bonds is 4. The predicted octanol–water partition coefficient (Wildman–Crippen LogP) is 8.07. The fourth-order valence-corrected chi connectivity index (χ4v) is 9.93.